The average molecular weight is 445 g/mol. The van der Waals surface area contributed by atoms with Crippen LogP contribution >= 0.6 is 11.8 Å². The highest BCUT2D eigenvalue weighted by Crippen LogP contribution is 2.34. The first-order valence-electron chi connectivity index (χ1n) is 9.37. The number of hydrogen-bond donors (Lipinski definition) is 0. The standard InChI is InChI=1S/C22H20FNO6S/c1-3-29-20(25)12-24-21(26)19(31-22(24)27)11-14-7-8-17(18(10-14)28-2)30-13-15-5-4-6-16(23)9-15/h4-11H,3,12-13H2,1-2H3/b19-11-. The van der Waals surface area contributed by atoms with Crippen molar-refractivity contribution in [3.05, 3.63) is 64.3 Å². The van der Waals surface area contributed by atoms with Gasteiger partial charge in [0, 0.05) is 0 Å². The maximum absolute atomic E-state index is 13.3. The summed E-state index contributed by atoms with van der Waals surface area (Å²) in [5.74, 6) is -0.698. The van der Waals surface area contributed by atoms with Crippen LogP contribution in [0, 0.1) is 5.82 Å². The number of carbonyl (C=O) groups excluding carboxylic acids is 3. The number of ether oxygens (including phenoxy) is 3. The van der Waals surface area contributed by atoms with Gasteiger partial charge in [-0.3, -0.25) is 19.3 Å². The molecule has 1 fully saturated rings. The molecule has 0 radical (unpaired) electrons. The van der Waals surface area contributed by atoms with Crippen molar-refractivity contribution in [3.63, 3.8) is 0 Å². The Labute approximate surface area is 182 Å². The molecular formula is C22H20FNO6S. The molecule has 1 heterocycles. The van der Waals surface area contributed by atoms with Crippen LogP contribution in [0.1, 0.15) is 18.1 Å². The molecule has 0 spiro atoms. The topological polar surface area (TPSA) is 82.1 Å². The van der Waals surface area contributed by atoms with Crippen molar-refractivity contribution < 1.29 is 33.0 Å². The lowest BCUT2D eigenvalue weighted by Crippen LogP contribution is -2.34. The molecule has 162 valence electrons. The van der Waals surface area contributed by atoms with Crippen molar-refractivity contribution in [2.24, 2.45) is 0 Å². The molecule has 0 N–H and O–H groups in total. The van der Waals surface area contributed by atoms with Gasteiger partial charge in [0.15, 0.2) is 11.5 Å². The molecule has 2 amide bonds. The summed E-state index contributed by atoms with van der Waals surface area (Å²) in [6, 6.07) is 11.1. The summed E-state index contributed by atoms with van der Waals surface area (Å²) in [7, 11) is 1.47. The number of esters is 1. The molecule has 7 nitrogen and oxygen atoms in total. The average Bonchev–Trinajstić information content (AvgIpc) is 3.00. The second-order valence-corrected chi connectivity index (χ2v) is 7.39. The molecule has 0 aromatic heterocycles. The van der Waals surface area contributed by atoms with Crippen LogP contribution in [-0.4, -0.2) is 42.3 Å². The van der Waals surface area contributed by atoms with Crippen LogP contribution in [0.5, 0.6) is 11.5 Å². The zero-order chi connectivity index (χ0) is 22.4. The highest BCUT2D eigenvalue weighted by Gasteiger charge is 2.36. The van der Waals surface area contributed by atoms with Crippen LogP contribution in [0.15, 0.2) is 47.4 Å². The summed E-state index contributed by atoms with van der Waals surface area (Å²) in [5, 5.41) is -0.536. The van der Waals surface area contributed by atoms with Crippen LogP contribution in [0.3, 0.4) is 0 Å². The van der Waals surface area contributed by atoms with E-state index in [2.05, 4.69) is 0 Å². The number of methoxy groups -OCH3 is 1. The minimum absolute atomic E-state index is 0.153. The van der Waals surface area contributed by atoms with Crippen molar-refractivity contribution in [3.8, 4) is 11.5 Å². The lowest BCUT2D eigenvalue weighted by atomic mass is 10.1. The molecule has 0 bridgehead atoms. The third-order valence-corrected chi connectivity index (χ3v) is 5.14. The lowest BCUT2D eigenvalue weighted by molar-refractivity contribution is -0.145. The molecule has 1 saturated heterocycles. The van der Waals surface area contributed by atoms with Crippen molar-refractivity contribution in [2.75, 3.05) is 20.3 Å². The normalized spacial score (nSPS) is 14.8. The number of amides is 2. The summed E-state index contributed by atoms with van der Waals surface area (Å²) in [6.45, 7) is 1.54. The molecule has 2 aromatic rings. The van der Waals surface area contributed by atoms with Crippen molar-refractivity contribution in [1.29, 1.82) is 0 Å². The second kappa shape index (κ2) is 10.1. The smallest absolute Gasteiger partial charge is 0.326 e. The number of rotatable bonds is 8. The molecule has 31 heavy (non-hydrogen) atoms. The first-order chi connectivity index (χ1) is 14.9. The number of halogens is 1. The molecule has 0 unspecified atom stereocenters. The SMILES string of the molecule is CCOC(=O)CN1C(=O)S/C(=C\c2ccc(OCc3cccc(F)c3)c(OC)c2)C1=O. The van der Waals surface area contributed by atoms with Gasteiger partial charge < -0.3 is 14.2 Å². The number of imide groups is 1. The maximum Gasteiger partial charge on any atom is 0.326 e. The summed E-state index contributed by atoms with van der Waals surface area (Å²) in [5.41, 5.74) is 1.28. The van der Waals surface area contributed by atoms with E-state index in [-0.39, 0.29) is 23.9 Å². The number of benzene rings is 2. The summed E-state index contributed by atoms with van der Waals surface area (Å²) in [6.07, 6.45) is 1.54. The van der Waals surface area contributed by atoms with Gasteiger partial charge in [0.2, 0.25) is 0 Å². The Morgan fingerprint density at radius 2 is 1.97 bits per heavy atom. The predicted molar refractivity (Wildman–Crippen MR) is 113 cm³/mol. The Bertz CT molecular complexity index is 1040. The van der Waals surface area contributed by atoms with Gasteiger partial charge >= 0.3 is 5.97 Å². The van der Waals surface area contributed by atoms with Crippen LogP contribution in [0.2, 0.25) is 0 Å². The van der Waals surface area contributed by atoms with Gasteiger partial charge in [-0.1, -0.05) is 18.2 Å². The Morgan fingerprint density at radius 1 is 1.16 bits per heavy atom. The lowest BCUT2D eigenvalue weighted by Gasteiger charge is -2.12. The fraction of sp³-hybridized carbons (Fsp3) is 0.227. The number of thioether (sulfide) groups is 1. The fourth-order valence-corrected chi connectivity index (χ4v) is 3.64. The van der Waals surface area contributed by atoms with Gasteiger partial charge in [0.25, 0.3) is 11.1 Å². The minimum Gasteiger partial charge on any atom is -0.493 e. The van der Waals surface area contributed by atoms with E-state index in [1.54, 1.807) is 37.3 Å². The molecule has 9 heteroatoms. The molecule has 0 saturated carbocycles. The third-order valence-electron chi connectivity index (χ3n) is 4.23. The quantitative estimate of drug-likeness (QED) is 0.448. The van der Waals surface area contributed by atoms with E-state index in [4.69, 9.17) is 14.2 Å². The molecule has 3 rings (SSSR count). The van der Waals surface area contributed by atoms with Crippen LogP contribution < -0.4 is 9.47 Å². The van der Waals surface area contributed by atoms with Gasteiger partial charge in [-0.2, -0.15) is 0 Å². The Balaban J connectivity index is 1.73. The molecule has 1 aliphatic rings. The van der Waals surface area contributed by atoms with Gasteiger partial charge in [0.1, 0.15) is 19.0 Å². The van der Waals surface area contributed by atoms with Gasteiger partial charge in [-0.25, -0.2) is 4.39 Å². The summed E-state index contributed by atoms with van der Waals surface area (Å²) >= 11 is 0.746. The minimum atomic E-state index is -0.646. The van der Waals surface area contributed by atoms with Crippen molar-refractivity contribution in [1.82, 2.24) is 4.90 Å². The summed E-state index contributed by atoms with van der Waals surface area (Å²) in [4.78, 5) is 37.2. The fourth-order valence-electron chi connectivity index (χ4n) is 2.80. The van der Waals surface area contributed by atoms with Crippen molar-refractivity contribution >= 4 is 35.0 Å². The largest absolute Gasteiger partial charge is 0.493 e. The first-order valence-corrected chi connectivity index (χ1v) is 10.2. The van der Waals surface area contributed by atoms with E-state index in [1.165, 1.54) is 25.3 Å². The number of hydrogen-bond acceptors (Lipinski definition) is 7. The van der Waals surface area contributed by atoms with E-state index in [1.807, 2.05) is 0 Å². The molecule has 0 aliphatic carbocycles. The van der Waals surface area contributed by atoms with E-state index >= 15 is 0 Å². The molecule has 1 aliphatic heterocycles. The Hall–Kier alpha value is -3.33. The summed E-state index contributed by atoms with van der Waals surface area (Å²) < 4.78 is 29.2. The molecular weight excluding hydrogens is 425 g/mol. The molecule has 2 aromatic carbocycles. The maximum atomic E-state index is 13.3. The van der Waals surface area contributed by atoms with Crippen molar-refractivity contribution in [2.45, 2.75) is 13.5 Å². The predicted octanol–water partition coefficient (Wildman–Crippen LogP) is 4.01. The number of nitrogens with zero attached hydrogens (tertiary/aromatic N) is 1. The Kier molecular flexibility index (Phi) is 7.30. The zero-order valence-corrected chi connectivity index (χ0v) is 17.7. The number of carbonyl (C=O) groups is 3. The van der Waals surface area contributed by atoms with E-state index in [0.29, 0.717) is 22.6 Å². The third kappa shape index (κ3) is 5.64. The van der Waals surface area contributed by atoms with Crippen LogP contribution in [-0.2, 0) is 20.9 Å². The highest BCUT2D eigenvalue weighted by atomic mass is 32.2. The second-order valence-electron chi connectivity index (χ2n) is 6.40. The monoisotopic (exact) mass is 445 g/mol. The van der Waals surface area contributed by atoms with Crippen LogP contribution in [0.25, 0.3) is 6.08 Å². The zero-order valence-electron chi connectivity index (χ0n) is 16.9. The first kappa shape index (κ1) is 22.4. The van der Waals surface area contributed by atoms with Gasteiger partial charge in [-0.15, -0.1) is 0 Å². The molecule has 0 atom stereocenters. The van der Waals surface area contributed by atoms with E-state index < -0.39 is 23.7 Å². The highest BCUT2D eigenvalue weighted by molar-refractivity contribution is 8.18. The van der Waals surface area contributed by atoms with Gasteiger partial charge in [-0.05, 0) is 60.2 Å². The Morgan fingerprint density at radius 3 is 2.68 bits per heavy atom. The van der Waals surface area contributed by atoms with E-state index in [0.717, 1.165) is 16.7 Å². The van der Waals surface area contributed by atoms with Crippen LogP contribution in [0.4, 0.5) is 9.18 Å². The van der Waals surface area contributed by atoms with Gasteiger partial charge in [0.05, 0.1) is 18.6 Å². The van der Waals surface area contributed by atoms with E-state index in [9.17, 15) is 18.8 Å².